The molecule has 1 unspecified atom stereocenters. The van der Waals surface area contributed by atoms with E-state index in [0.717, 1.165) is 5.69 Å². The van der Waals surface area contributed by atoms with Crippen molar-refractivity contribution in [3.8, 4) is 5.75 Å². The number of nitrogens with zero attached hydrogens (tertiary/aromatic N) is 2. The third-order valence-electron chi connectivity index (χ3n) is 3.86. The van der Waals surface area contributed by atoms with Crippen molar-refractivity contribution in [2.24, 2.45) is 4.99 Å². The third-order valence-corrected chi connectivity index (χ3v) is 3.86. The van der Waals surface area contributed by atoms with Gasteiger partial charge in [-0.1, -0.05) is 31.1 Å². The van der Waals surface area contributed by atoms with E-state index in [1.807, 2.05) is 26.8 Å². The van der Waals surface area contributed by atoms with E-state index in [0.29, 0.717) is 30.4 Å². The summed E-state index contributed by atoms with van der Waals surface area (Å²) in [5.41, 5.74) is 1.44. The van der Waals surface area contributed by atoms with Crippen LogP contribution >= 0.6 is 24.0 Å². The maximum absolute atomic E-state index is 12.2. The van der Waals surface area contributed by atoms with Crippen molar-refractivity contribution >= 4 is 29.9 Å². The number of aliphatic hydroxyl groups is 1. The third kappa shape index (κ3) is 8.52. The quantitative estimate of drug-likeness (QED) is 0.263. The molecule has 0 saturated heterocycles. The maximum Gasteiger partial charge on any atom is 0.387 e. The number of ether oxygens (including phenoxy) is 1. The summed E-state index contributed by atoms with van der Waals surface area (Å²) in [6, 6.07) is 7.72. The Morgan fingerprint density at radius 1 is 1.24 bits per heavy atom. The summed E-state index contributed by atoms with van der Waals surface area (Å²) in [5.74, 6) is 1.49. The summed E-state index contributed by atoms with van der Waals surface area (Å²) >= 11 is 0. The topological polar surface area (TPSA) is 91.9 Å². The van der Waals surface area contributed by atoms with Gasteiger partial charge in [0, 0.05) is 19.2 Å². The molecule has 1 heterocycles. The Morgan fingerprint density at radius 2 is 1.93 bits per heavy atom. The van der Waals surface area contributed by atoms with Crippen molar-refractivity contribution in [2.75, 3.05) is 13.1 Å². The molecule has 0 aliphatic rings. The largest absolute Gasteiger partial charge is 0.435 e. The zero-order valence-electron chi connectivity index (χ0n) is 16.6. The molecule has 2 aromatic rings. The van der Waals surface area contributed by atoms with Crippen molar-refractivity contribution in [1.82, 2.24) is 15.8 Å². The van der Waals surface area contributed by atoms with Crippen molar-refractivity contribution in [2.45, 2.75) is 45.9 Å². The molecule has 1 aromatic carbocycles. The Labute approximate surface area is 185 Å². The van der Waals surface area contributed by atoms with Gasteiger partial charge in [0.15, 0.2) is 11.7 Å². The van der Waals surface area contributed by atoms with Crippen LogP contribution in [0.25, 0.3) is 0 Å². The van der Waals surface area contributed by atoms with E-state index in [4.69, 9.17) is 4.52 Å². The predicted molar refractivity (Wildman–Crippen MR) is 117 cm³/mol. The zero-order valence-corrected chi connectivity index (χ0v) is 18.9. The molecular weight excluding hydrogens is 497 g/mol. The van der Waals surface area contributed by atoms with E-state index < -0.39 is 12.7 Å². The van der Waals surface area contributed by atoms with Crippen LogP contribution < -0.4 is 15.4 Å². The van der Waals surface area contributed by atoms with Gasteiger partial charge < -0.3 is 25.0 Å². The van der Waals surface area contributed by atoms with Crippen LogP contribution in [0.2, 0.25) is 0 Å². The van der Waals surface area contributed by atoms with E-state index >= 15 is 0 Å². The molecule has 162 valence electrons. The number of hydrogen-bond donors (Lipinski definition) is 3. The fourth-order valence-electron chi connectivity index (χ4n) is 2.36. The highest BCUT2D eigenvalue weighted by Gasteiger charge is 2.11. The number of hydrogen-bond acceptors (Lipinski definition) is 5. The van der Waals surface area contributed by atoms with Crippen LogP contribution in [0.4, 0.5) is 8.78 Å². The fourth-order valence-corrected chi connectivity index (χ4v) is 2.36. The van der Waals surface area contributed by atoms with Crippen LogP contribution in [0.3, 0.4) is 0 Å². The van der Waals surface area contributed by atoms with Crippen molar-refractivity contribution in [1.29, 1.82) is 0 Å². The minimum atomic E-state index is -2.88. The van der Waals surface area contributed by atoms with Gasteiger partial charge in [0.25, 0.3) is 0 Å². The first-order chi connectivity index (χ1) is 13.4. The fraction of sp³-hybridized carbons (Fsp3) is 0.474. The molecule has 0 spiro atoms. The lowest BCUT2D eigenvalue weighted by Crippen LogP contribution is -2.39. The lowest BCUT2D eigenvalue weighted by Gasteiger charge is -2.15. The Morgan fingerprint density at radius 3 is 2.48 bits per heavy atom. The van der Waals surface area contributed by atoms with Gasteiger partial charge in [-0.05, 0) is 30.5 Å². The first kappa shape index (κ1) is 25.1. The number of guanidine groups is 1. The normalized spacial score (nSPS) is 12.6. The van der Waals surface area contributed by atoms with E-state index in [1.165, 1.54) is 24.3 Å². The number of aromatic nitrogens is 1. The molecule has 0 radical (unpaired) electrons. The van der Waals surface area contributed by atoms with Gasteiger partial charge in [-0.25, -0.2) is 4.99 Å². The average Bonchev–Trinajstić information content (AvgIpc) is 3.13. The zero-order chi connectivity index (χ0) is 20.5. The predicted octanol–water partition coefficient (Wildman–Crippen LogP) is 3.81. The van der Waals surface area contributed by atoms with E-state index in [9.17, 15) is 13.9 Å². The average molecular weight is 524 g/mol. The Hall–Kier alpha value is -1.95. The Kier molecular flexibility index (Phi) is 10.9. The van der Waals surface area contributed by atoms with Gasteiger partial charge in [0.2, 0.25) is 0 Å². The minimum Gasteiger partial charge on any atom is -0.435 e. The molecule has 2 rings (SSSR count). The molecule has 0 amide bonds. The van der Waals surface area contributed by atoms with Crippen LogP contribution in [-0.2, 0) is 6.54 Å². The maximum atomic E-state index is 12.2. The van der Waals surface area contributed by atoms with Crippen LogP contribution in [-0.4, -0.2) is 35.9 Å². The molecule has 29 heavy (non-hydrogen) atoms. The van der Waals surface area contributed by atoms with E-state index in [-0.39, 0.29) is 42.2 Å². The first-order valence-electron chi connectivity index (χ1n) is 9.09. The van der Waals surface area contributed by atoms with Crippen LogP contribution in [0.5, 0.6) is 5.75 Å². The van der Waals surface area contributed by atoms with E-state index in [1.54, 1.807) is 0 Å². The van der Waals surface area contributed by atoms with Gasteiger partial charge in [-0.15, -0.1) is 24.0 Å². The molecule has 1 aromatic heterocycles. The minimum absolute atomic E-state index is 0. The number of nitrogens with one attached hydrogen (secondary N) is 2. The van der Waals surface area contributed by atoms with Crippen LogP contribution in [0, 0.1) is 0 Å². The monoisotopic (exact) mass is 524 g/mol. The Bertz CT molecular complexity index is 754. The molecule has 10 heteroatoms. The second-order valence-electron chi connectivity index (χ2n) is 6.41. The van der Waals surface area contributed by atoms with Crippen molar-refractivity contribution in [3.05, 3.63) is 47.3 Å². The summed E-state index contributed by atoms with van der Waals surface area (Å²) in [5, 5.41) is 20.4. The lowest BCUT2D eigenvalue weighted by molar-refractivity contribution is -0.0498. The molecular formula is C19H27F2IN4O3. The Balaban J connectivity index is 0.00000420. The first-order valence-corrected chi connectivity index (χ1v) is 9.09. The molecule has 0 saturated carbocycles. The number of benzene rings is 1. The van der Waals surface area contributed by atoms with Gasteiger partial charge in [0.1, 0.15) is 12.3 Å². The van der Waals surface area contributed by atoms with E-state index in [2.05, 4.69) is 25.5 Å². The van der Waals surface area contributed by atoms with Gasteiger partial charge in [-0.2, -0.15) is 8.78 Å². The molecule has 7 nitrogen and oxygen atoms in total. The standard InChI is InChI=1S/C19H26F2N4O3.HI/c1-4-22-19(23-10-15-9-16(12(2)3)25-28-15)24-11-17(26)13-5-7-14(8-6-13)27-18(20)21;/h5-9,12,17-18,26H,4,10-11H2,1-3H3,(H2,22,23,24);1H. The van der Waals surface area contributed by atoms with Crippen LogP contribution in [0.15, 0.2) is 39.8 Å². The van der Waals surface area contributed by atoms with Crippen molar-refractivity contribution in [3.63, 3.8) is 0 Å². The molecule has 3 N–H and O–H groups in total. The summed E-state index contributed by atoms with van der Waals surface area (Å²) in [6.45, 7) is 4.26. The second-order valence-corrected chi connectivity index (χ2v) is 6.41. The summed E-state index contributed by atoms with van der Waals surface area (Å²) in [7, 11) is 0. The van der Waals surface area contributed by atoms with Gasteiger partial charge in [0.05, 0.1) is 11.8 Å². The molecule has 0 aliphatic heterocycles. The van der Waals surface area contributed by atoms with Crippen molar-refractivity contribution < 1.29 is 23.1 Å². The molecule has 1 atom stereocenters. The summed E-state index contributed by atoms with van der Waals surface area (Å²) < 4.78 is 33.9. The molecule has 0 bridgehead atoms. The highest BCUT2D eigenvalue weighted by Crippen LogP contribution is 2.19. The lowest BCUT2D eigenvalue weighted by atomic mass is 10.1. The number of alkyl halides is 2. The van der Waals surface area contributed by atoms with Crippen LogP contribution in [0.1, 0.15) is 49.8 Å². The molecule has 0 fully saturated rings. The number of halogens is 3. The SMILES string of the molecule is CCNC(=NCc1cc(C(C)C)no1)NCC(O)c1ccc(OC(F)F)cc1.I. The second kappa shape index (κ2) is 12.6. The highest BCUT2D eigenvalue weighted by atomic mass is 127. The van der Waals surface area contributed by atoms with Gasteiger partial charge >= 0.3 is 6.61 Å². The molecule has 0 aliphatic carbocycles. The summed E-state index contributed by atoms with van der Waals surface area (Å²) in [6.07, 6.45) is -0.845. The van der Waals surface area contributed by atoms with Gasteiger partial charge in [-0.3, -0.25) is 0 Å². The summed E-state index contributed by atoms with van der Waals surface area (Å²) in [4.78, 5) is 4.42. The number of rotatable bonds is 9. The number of aliphatic imine (C=N–C) groups is 1. The smallest absolute Gasteiger partial charge is 0.387 e. The number of aliphatic hydroxyl groups excluding tert-OH is 1. The highest BCUT2D eigenvalue weighted by molar-refractivity contribution is 14.0.